The number of anilines is 2. The molecule has 1 fully saturated rings. The molecule has 0 aliphatic carbocycles. The first-order valence-corrected chi connectivity index (χ1v) is 18.0. The van der Waals surface area contributed by atoms with Crippen LogP contribution in [0.15, 0.2) is 91.1 Å². The summed E-state index contributed by atoms with van der Waals surface area (Å²) < 4.78 is 5.60. The van der Waals surface area contributed by atoms with Gasteiger partial charge in [0, 0.05) is 70.0 Å². The van der Waals surface area contributed by atoms with Gasteiger partial charge in [-0.05, 0) is 71.0 Å². The fourth-order valence-corrected chi connectivity index (χ4v) is 8.45. The summed E-state index contributed by atoms with van der Waals surface area (Å²) >= 11 is 20.3. The number of H-pyrrole nitrogens is 1. The number of nitrogens with zero attached hydrogens (tertiary/aromatic N) is 2. The van der Waals surface area contributed by atoms with E-state index in [0.717, 1.165) is 82.7 Å². The lowest BCUT2D eigenvalue weighted by molar-refractivity contribution is 0.102. The Morgan fingerprint density at radius 2 is 1.72 bits per heavy atom. The van der Waals surface area contributed by atoms with E-state index in [4.69, 9.17) is 39.5 Å². The first-order chi connectivity index (χ1) is 24.3. The average Bonchev–Trinajstić information content (AvgIpc) is 3.41. The largest absolute Gasteiger partial charge is 0.497 e. The van der Waals surface area contributed by atoms with E-state index in [2.05, 4.69) is 68.9 Å². The number of methoxy groups -OCH3 is 1. The fraction of sp³-hybridized carbons (Fsp3) is 0.225. The molecule has 254 valence electrons. The highest BCUT2D eigenvalue weighted by atomic mass is 35.5. The van der Waals surface area contributed by atoms with Crippen molar-refractivity contribution in [3.05, 3.63) is 134 Å². The topological polar surface area (TPSA) is 72.6 Å². The van der Waals surface area contributed by atoms with E-state index >= 15 is 0 Å². The zero-order valence-corrected chi connectivity index (χ0v) is 30.0. The molecule has 8 rings (SSSR count). The van der Waals surface area contributed by atoms with Crippen molar-refractivity contribution in [3.8, 4) is 5.75 Å². The van der Waals surface area contributed by atoms with E-state index in [1.54, 1.807) is 13.2 Å². The van der Waals surface area contributed by atoms with Crippen molar-refractivity contribution in [2.45, 2.75) is 19.4 Å². The van der Waals surface area contributed by atoms with E-state index < -0.39 is 0 Å². The van der Waals surface area contributed by atoms with Crippen LogP contribution in [-0.4, -0.2) is 49.1 Å². The number of aromatic amines is 1. The maximum Gasteiger partial charge on any atom is 0.272 e. The zero-order valence-electron chi connectivity index (χ0n) is 27.7. The molecule has 3 aliphatic heterocycles. The van der Waals surface area contributed by atoms with Crippen molar-refractivity contribution in [2.75, 3.05) is 43.5 Å². The molecule has 7 nitrogen and oxygen atoms in total. The third-order valence-electron chi connectivity index (χ3n) is 9.94. The average molecular weight is 725 g/mol. The molecule has 0 radical (unpaired) electrons. The number of amides is 1. The quantitative estimate of drug-likeness (QED) is 0.163. The highest BCUT2D eigenvalue weighted by molar-refractivity contribution is 6.35. The summed E-state index contributed by atoms with van der Waals surface area (Å²) in [6.45, 7) is 5.63. The molecule has 1 aromatic heterocycles. The molecule has 3 N–H and O–H groups in total. The number of carbonyl (C=O) groups is 1. The lowest BCUT2D eigenvalue weighted by Crippen LogP contribution is -2.43. The van der Waals surface area contributed by atoms with Crippen molar-refractivity contribution >= 4 is 74.3 Å². The third kappa shape index (κ3) is 5.72. The number of piperazine rings is 1. The second-order valence-electron chi connectivity index (χ2n) is 13.0. The van der Waals surface area contributed by atoms with Crippen molar-refractivity contribution in [3.63, 3.8) is 0 Å². The predicted octanol–water partition coefficient (Wildman–Crippen LogP) is 9.63. The summed E-state index contributed by atoms with van der Waals surface area (Å²) in [5, 5.41) is 9.31. The van der Waals surface area contributed by atoms with Crippen molar-refractivity contribution < 1.29 is 9.53 Å². The highest BCUT2D eigenvalue weighted by Gasteiger charge is 2.40. The molecule has 2 unspecified atom stereocenters. The highest BCUT2D eigenvalue weighted by Crippen LogP contribution is 2.53. The summed E-state index contributed by atoms with van der Waals surface area (Å²) in [6, 6.07) is 25.4. The Hall–Kier alpha value is -4.40. The van der Waals surface area contributed by atoms with Gasteiger partial charge in [-0.15, -0.1) is 0 Å². The van der Waals surface area contributed by atoms with Gasteiger partial charge in [0.25, 0.3) is 5.91 Å². The van der Waals surface area contributed by atoms with Gasteiger partial charge in [-0.2, -0.15) is 0 Å². The van der Waals surface area contributed by atoms with Crippen molar-refractivity contribution in [1.82, 2.24) is 15.2 Å². The second-order valence-corrected chi connectivity index (χ2v) is 14.3. The van der Waals surface area contributed by atoms with Gasteiger partial charge < -0.3 is 30.2 Å². The maximum absolute atomic E-state index is 14.8. The first kappa shape index (κ1) is 32.8. The smallest absolute Gasteiger partial charge is 0.272 e. The number of ether oxygens (including phenoxy) is 1. The molecule has 2 atom stereocenters. The van der Waals surface area contributed by atoms with Crippen LogP contribution in [0.4, 0.5) is 11.4 Å². The van der Waals surface area contributed by atoms with Crippen LogP contribution in [-0.2, 0) is 0 Å². The number of hydrogen-bond donors (Lipinski definition) is 3. The van der Waals surface area contributed by atoms with Crippen LogP contribution in [0.5, 0.6) is 5.75 Å². The standard InChI is InChI=1S/C40H36Cl3N5O2/c1-23-7-6-16-48-38(28-12-10-25(41)20-30(28)43)29-19-26(42)21-32-35(29)36(39(48)34(23)24-8-4-3-5-9-24)37(45-32)40(49)46-31-22-27(50-2)11-13-33(31)47-17-14-44-15-18-47/h3-6,8-13,16,19-23,38,44-45H,7,14-15,17-18H2,1-2H3,(H,46,49). The van der Waals surface area contributed by atoms with Crippen molar-refractivity contribution in [2.24, 2.45) is 5.92 Å². The Labute approximate surface area is 306 Å². The molecule has 1 amide bonds. The molecular formula is C40H36Cl3N5O2. The summed E-state index contributed by atoms with van der Waals surface area (Å²) in [7, 11) is 1.63. The van der Waals surface area contributed by atoms with Crippen LogP contribution < -0.4 is 20.3 Å². The SMILES string of the molecule is COc1ccc(N2CCNCC2)c(NC(=O)c2[nH]c3cc(Cl)cc4c3c2C2=C(c3ccccc3)C(C)CC=CN2C4c2ccc(Cl)cc2Cl)c1. The Bertz CT molecular complexity index is 2190. The molecule has 10 heteroatoms. The molecule has 4 aromatic carbocycles. The summed E-state index contributed by atoms with van der Waals surface area (Å²) in [4.78, 5) is 22.9. The first-order valence-electron chi connectivity index (χ1n) is 16.8. The minimum absolute atomic E-state index is 0.141. The zero-order chi connectivity index (χ0) is 34.5. The minimum atomic E-state index is -0.340. The maximum atomic E-state index is 14.8. The van der Waals surface area contributed by atoms with E-state index in [9.17, 15) is 4.79 Å². The molecule has 4 heterocycles. The van der Waals surface area contributed by atoms with Crippen LogP contribution in [0.1, 0.15) is 52.1 Å². The van der Waals surface area contributed by atoms with Gasteiger partial charge >= 0.3 is 0 Å². The summed E-state index contributed by atoms with van der Waals surface area (Å²) in [6.07, 6.45) is 5.15. The Morgan fingerprint density at radius 1 is 0.920 bits per heavy atom. The predicted molar refractivity (Wildman–Crippen MR) is 206 cm³/mol. The van der Waals surface area contributed by atoms with Crippen molar-refractivity contribution in [1.29, 1.82) is 0 Å². The number of aromatic nitrogens is 1. The molecule has 1 saturated heterocycles. The normalized spacial score (nSPS) is 18.7. The van der Waals surface area contributed by atoms with Crippen LogP contribution in [0.3, 0.4) is 0 Å². The molecule has 5 aromatic rings. The third-order valence-corrected chi connectivity index (χ3v) is 10.7. The summed E-state index contributed by atoms with van der Waals surface area (Å²) in [5.41, 5.74) is 8.71. The van der Waals surface area contributed by atoms with Gasteiger partial charge in [-0.25, -0.2) is 0 Å². The number of allylic oxidation sites excluding steroid dienone is 2. The summed E-state index contributed by atoms with van der Waals surface area (Å²) in [5.74, 6) is 0.547. The molecular weight excluding hydrogens is 689 g/mol. The number of hydrogen-bond acceptors (Lipinski definition) is 5. The van der Waals surface area contributed by atoms with E-state index in [1.165, 1.54) is 0 Å². The number of carbonyl (C=O) groups excluding carboxylic acids is 1. The van der Waals surface area contributed by atoms with Gasteiger partial charge in [0.05, 0.1) is 30.2 Å². The monoisotopic (exact) mass is 723 g/mol. The lowest BCUT2D eigenvalue weighted by atomic mass is 9.82. The molecule has 0 saturated carbocycles. The van der Waals surface area contributed by atoms with Crippen LogP contribution >= 0.6 is 34.8 Å². The molecule has 3 aliphatic rings. The van der Waals surface area contributed by atoms with Gasteiger partial charge in [0.15, 0.2) is 0 Å². The molecule has 0 spiro atoms. The van der Waals surface area contributed by atoms with Gasteiger partial charge in [-0.1, -0.05) is 84.2 Å². The van der Waals surface area contributed by atoms with Crippen LogP contribution in [0.2, 0.25) is 15.1 Å². The van der Waals surface area contributed by atoms with Gasteiger partial charge in [0.2, 0.25) is 0 Å². The lowest BCUT2D eigenvalue weighted by Gasteiger charge is -2.39. The van der Waals surface area contributed by atoms with E-state index in [1.807, 2.05) is 48.5 Å². The minimum Gasteiger partial charge on any atom is -0.497 e. The molecule has 0 bridgehead atoms. The second kappa shape index (κ2) is 13.4. The Balaban J connectivity index is 1.39. The van der Waals surface area contributed by atoms with Gasteiger partial charge in [-0.3, -0.25) is 4.79 Å². The van der Waals surface area contributed by atoms with E-state index in [0.29, 0.717) is 32.2 Å². The number of nitrogens with one attached hydrogen (secondary N) is 3. The number of benzene rings is 4. The number of rotatable bonds is 6. The number of fused-ring (bicyclic) bond motifs is 2. The number of halogens is 3. The fourth-order valence-electron chi connectivity index (χ4n) is 7.71. The van der Waals surface area contributed by atoms with Crippen LogP contribution in [0.25, 0.3) is 22.2 Å². The van der Waals surface area contributed by atoms with Crippen LogP contribution in [0, 0.1) is 5.92 Å². The Kier molecular flexibility index (Phi) is 8.77. The van der Waals surface area contributed by atoms with Gasteiger partial charge in [0.1, 0.15) is 11.4 Å². The van der Waals surface area contributed by atoms with E-state index in [-0.39, 0.29) is 17.9 Å². The molecule has 50 heavy (non-hydrogen) atoms. The Morgan fingerprint density at radius 3 is 2.48 bits per heavy atom.